The van der Waals surface area contributed by atoms with E-state index in [4.69, 9.17) is 5.73 Å². The number of carboxylic acids is 1. The molecule has 0 aliphatic rings. The van der Waals surface area contributed by atoms with Gasteiger partial charge in [0.15, 0.2) is 0 Å². The van der Waals surface area contributed by atoms with Gasteiger partial charge >= 0.3 is 5.97 Å². The molecule has 0 aliphatic heterocycles. The van der Waals surface area contributed by atoms with E-state index in [0.717, 1.165) is 16.5 Å². The molecule has 1 aromatic carbocycles. The summed E-state index contributed by atoms with van der Waals surface area (Å²) in [5.74, 6) is -2.92. The summed E-state index contributed by atoms with van der Waals surface area (Å²) < 4.78 is 0. The van der Waals surface area contributed by atoms with Gasteiger partial charge in [0.05, 0.1) is 6.54 Å². The van der Waals surface area contributed by atoms with Crippen molar-refractivity contribution in [1.29, 1.82) is 0 Å². The van der Waals surface area contributed by atoms with E-state index in [9.17, 15) is 24.3 Å². The first kappa shape index (κ1) is 26.2. The SMILES string of the molecule is CC(C)CC(NC(=O)C(Cc1c[nH]c2ccccc12)NC(=O)C(CS)NC(=O)CN)C(=O)O. The topological polar surface area (TPSA) is 166 Å². The highest BCUT2D eigenvalue weighted by Crippen LogP contribution is 2.19. The number of aliphatic carboxylic acids is 1. The molecular weight excluding hydrogens is 446 g/mol. The Hall–Kier alpha value is -3.05. The van der Waals surface area contributed by atoms with E-state index in [0.29, 0.717) is 0 Å². The molecule has 2 aromatic rings. The van der Waals surface area contributed by atoms with Crippen molar-refractivity contribution >= 4 is 47.2 Å². The Morgan fingerprint density at radius 1 is 1.03 bits per heavy atom. The maximum Gasteiger partial charge on any atom is 0.326 e. The first-order chi connectivity index (χ1) is 15.7. The number of aromatic amines is 1. The highest BCUT2D eigenvalue weighted by atomic mass is 32.1. The number of nitrogens with one attached hydrogen (secondary N) is 4. The summed E-state index contributed by atoms with van der Waals surface area (Å²) in [5.41, 5.74) is 6.94. The molecule has 1 aromatic heterocycles. The highest BCUT2D eigenvalue weighted by Gasteiger charge is 2.30. The molecule has 10 nitrogen and oxygen atoms in total. The van der Waals surface area contributed by atoms with Crippen LogP contribution in [0.2, 0.25) is 0 Å². The molecule has 3 unspecified atom stereocenters. The van der Waals surface area contributed by atoms with E-state index in [-0.39, 0.29) is 31.1 Å². The summed E-state index contributed by atoms with van der Waals surface area (Å²) in [7, 11) is 0. The molecule has 33 heavy (non-hydrogen) atoms. The molecule has 11 heteroatoms. The van der Waals surface area contributed by atoms with Gasteiger partial charge in [-0.3, -0.25) is 14.4 Å². The number of thiol groups is 1. The fraction of sp³-hybridized carbons (Fsp3) is 0.455. The summed E-state index contributed by atoms with van der Waals surface area (Å²) >= 11 is 4.10. The van der Waals surface area contributed by atoms with Gasteiger partial charge in [-0.25, -0.2) is 4.79 Å². The molecule has 0 spiro atoms. The van der Waals surface area contributed by atoms with Gasteiger partial charge in [0.1, 0.15) is 18.1 Å². The Bertz CT molecular complexity index is 992. The van der Waals surface area contributed by atoms with Crippen molar-refractivity contribution in [3.8, 4) is 0 Å². The zero-order valence-electron chi connectivity index (χ0n) is 18.6. The molecule has 0 saturated heterocycles. The molecule has 1 heterocycles. The van der Waals surface area contributed by atoms with Gasteiger partial charge in [-0.15, -0.1) is 0 Å². The number of benzene rings is 1. The molecule has 0 fully saturated rings. The fourth-order valence-corrected chi connectivity index (χ4v) is 3.67. The van der Waals surface area contributed by atoms with Crippen LogP contribution in [0.15, 0.2) is 30.5 Å². The van der Waals surface area contributed by atoms with Gasteiger partial charge in [0.25, 0.3) is 0 Å². The Morgan fingerprint density at radius 2 is 1.67 bits per heavy atom. The van der Waals surface area contributed by atoms with Crippen LogP contribution in [0, 0.1) is 5.92 Å². The minimum absolute atomic E-state index is 0.00982. The monoisotopic (exact) mass is 477 g/mol. The maximum atomic E-state index is 13.1. The molecule has 3 atom stereocenters. The Balaban J connectivity index is 2.28. The summed E-state index contributed by atoms with van der Waals surface area (Å²) in [6.07, 6.45) is 2.09. The third-order valence-electron chi connectivity index (χ3n) is 5.07. The number of hydrogen-bond acceptors (Lipinski definition) is 6. The lowest BCUT2D eigenvalue weighted by Gasteiger charge is -2.24. The van der Waals surface area contributed by atoms with Gasteiger partial charge in [-0.05, 0) is 24.0 Å². The van der Waals surface area contributed by atoms with Crippen molar-refractivity contribution in [3.05, 3.63) is 36.0 Å². The number of amides is 3. The summed E-state index contributed by atoms with van der Waals surface area (Å²) in [5, 5.41) is 18.0. The van der Waals surface area contributed by atoms with E-state index in [2.05, 4.69) is 33.6 Å². The second-order valence-corrected chi connectivity index (χ2v) is 8.53. The second-order valence-electron chi connectivity index (χ2n) is 8.16. The van der Waals surface area contributed by atoms with Crippen LogP contribution in [0.1, 0.15) is 25.8 Å². The van der Waals surface area contributed by atoms with Crippen molar-refractivity contribution in [2.75, 3.05) is 12.3 Å². The number of aromatic nitrogens is 1. The molecule has 0 aliphatic carbocycles. The van der Waals surface area contributed by atoms with Gasteiger partial charge in [0, 0.05) is 29.3 Å². The molecule has 3 amide bonds. The molecule has 2 rings (SSSR count). The van der Waals surface area contributed by atoms with Crippen molar-refractivity contribution in [3.63, 3.8) is 0 Å². The molecule has 0 saturated carbocycles. The number of fused-ring (bicyclic) bond motifs is 1. The zero-order valence-corrected chi connectivity index (χ0v) is 19.5. The number of carboxylic acid groups (broad SMARTS) is 1. The van der Waals surface area contributed by atoms with Gasteiger partial charge in [-0.1, -0.05) is 32.0 Å². The highest BCUT2D eigenvalue weighted by molar-refractivity contribution is 7.80. The first-order valence-corrected chi connectivity index (χ1v) is 11.3. The van der Waals surface area contributed by atoms with Crippen molar-refractivity contribution in [1.82, 2.24) is 20.9 Å². The predicted octanol–water partition coefficient (Wildman–Crippen LogP) is 0.184. The Labute approximate surface area is 197 Å². The van der Waals surface area contributed by atoms with E-state index in [1.165, 1.54) is 0 Å². The Kier molecular flexibility index (Phi) is 9.74. The molecule has 0 radical (unpaired) electrons. The average molecular weight is 478 g/mol. The fourth-order valence-electron chi connectivity index (χ4n) is 3.41. The number of para-hydroxylation sites is 1. The quantitative estimate of drug-likeness (QED) is 0.215. The summed E-state index contributed by atoms with van der Waals surface area (Å²) in [6.45, 7) is 3.40. The van der Waals surface area contributed by atoms with Crippen LogP contribution in [0.3, 0.4) is 0 Å². The maximum absolute atomic E-state index is 13.1. The number of H-pyrrole nitrogens is 1. The van der Waals surface area contributed by atoms with Crippen molar-refractivity contribution in [2.24, 2.45) is 11.7 Å². The van der Waals surface area contributed by atoms with Crippen LogP contribution in [0.5, 0.6) is 0 Å². The van der Waals surface area contributed by atoms with E-state index >= 15 is 0 Å². The number of carbonyl (C=O) groups is 4. The molecular formula is C22H31N5O5S. The number of carbonyl (C=O) groups excluding carboxylic acids is 3. The first-order valence-electron chi connectivity index (χ1n) is 10.6. The average Bonchev–Trinajstić information content (AvgIpc) is 3.18. The van der Waals surface area contributed by atoms with Crippen LogP contribution < -0.4 is 21.7 Å². The third-order valence-corrected chi connectivity index (χ3v) is 5.44. The number of rotatable bonds is 12. The lowest BCUT2D eigenvalue weighted by Crippen LogP contribution is -2.57. The summed E-state index contributed by atoms with van der Waals surface area (Å²) in [4.78, 5) is 52.3. The lowest BCUT2D eigenvalue weighted by molar-refractivity contribution is -0.142. The summed E-state index contributed by atoms with van der Waals surface area (Å²) in [6, 6.07) is 4.31. The molecule has 180 valence electrons. The second kappa shape index (κ2) is 12.3. The molecule has 7 N–H and O–H groups in total. The van der Waals surface area contributed by atoms with Gasteiger partial charge in [0.2, 0.25) is 17.7 Å². The standard InChI is InChI=1S/C22H31N5O5S/c1-12(2)7-17(22(31)32)27-20(29)16(26-21(30)18(11-33)25-19(28)9-23)8-13-10-24-15-6-4-3-5-14(13)15/h3-6,10,12,16-18,24,33H,7-9,11,23H2,1-2H3,(H,25,28)(H,26,30)(H,27,29)(H,31,32). The lowest BCUT2D eigenvalue weighted by atomic mass is 10.0. The van der Waals surface area contributed by atoms with Crippen LogP contribution in [-0.4, -0.2) is 64.2 Å². The van der Waals surface area contributed by atoms with E-state index in [1.54, 1.807) is 6.20 Å². The van der Waals surface area contributed by atoms with Gasteiger partial charge in [-0.2, -0.15) is 12.6 Å². The van der Waals surface area contributed by atoms with E-state index in [1.807, 2.05) is 38.1 Å². The predicted molar refractivity (Wildman–Crippen MR) is 128 cm³/mol. The minimum Gasteiger partial charge on any atom is -0.480 e. The smallest absolute Gasteiger partial charge is 0.326 e. The molecule has 0 bridgehead atoms. The largest absolute Gasteiger partial charge is 0.480 e. The van der Waals surface area contributed by atoms with Crippen molar-refractivity contribution < 1.29 is 24.3 Å². The van der Waals surface area contributed by atoms with Crippen LogP contribution in [-0.2, 0) is 25.6 Å². The van der Waals surface area contributed by atoms with Crippen LogP contribution in [0.4, 0.5) is 0 Å². The Morgan fingerprint density at radius 3 is 2.27 bits per heavy atom. The van der Waals surface area contributed by atoms with Crippen molar-refractivity contribution in [2.45, 2.75) is 44.8 Å². The van der Waals surface area contributed by atoms with Gasteiger partial charge < -0.3 is 31.8 Å². The zero-order chi connectivity index (χ0) is 24.5. The van der Waals surface area contributed by atoms with Crippen LogP contribution >= 0.6 is 12.6 Å². The third kappa shape index (κ3) is 7.50. The van der Waals surface area contributed by atoms with Crippen LogP contribution in [0.25, 0.3) is 10.9 Å². The van der Waals surface area contributed by atoms with E-state index < -0.39 is 41.8 Å². The normalized spacial score (nSPS) is 13.8. The number of hydrogen-bond donors (Lipinski definition) is 7. The minimum atomic E-state index is -1.15. The number of nitrogens with two attached hydrogens (primary N) is 1.